The Balaban J connectivity index is 1.29. The van der Waals surface area contributed by atoms with E-state index in [-0.39, 0.29) is 28.5 Å². The van der Waals surface area contributed by atoms with Crippen molar-refractivity contribution < 1.29 is 18.0 Å². The first-order valence-electron chi connectivity index (χ1n) is 11.8. The summed E-state index contributed by atoms with van der Waals surface area (Å²) in [4.78, 5) is 24.5. The van der Waals surface area contributed by atoms with Crippen LogP contribution in [0.2, 0.25) is 0 Å². The highest BCUT2D eigenvalue weighted by Crippen LogP contribution is 2.40. The summed E-state index contributed by atoms with van der Waals surface area (Å²) in [5, 5.41) is 3.28. The van der Waals surface area contributed by atoms with Gasteiger partial charge in [0.1, 0.15) is 0 Å². The molecular weight excluding hydrogens is 412 g/mol. The third-order valence-electron chi connectivity index (χ3n) is 7.61. The average Bonchev–Trinajstić information content (AvgIpc) is 2.79. The number of Topliss-reactive ketones (excluding diaryl/α,β-unsaturated/α-hetero) is 1. The van der Waals surface area contributed by atoms with E-state index >= 15 is 0 Å². The maximum Gasteiger partial charge on any atom is 0.243 e. The molecular formula is C24H34N2O4S. The number of hydrogen-bond acceptors (Lipinski definition) is 4. The first-order valence-corrected chi connectivity index (χ1v) is 13.2. The highest BCUT2D eigenvalue weighted by molar-refractivity contribution is 7.89. The molecule has 2 aliphatic carbocycles. The summed E-state index contributed by atoms with van der Waals surface area (Å²) in [5.41, 5.74) is 0.497. The molecule has 1 amide bonds. The molecule has 3 aliphatic rings. The van der Waals surface area contributed by atoms with Gasteiger partial charge in [-0.15, -0.1) is 0 Å². The van der Waals surface area contributed by atoms with Crippen molar-refractivity contribution in [2.75, 3.05) is 13.1 Å². The third kappa shape index (κ3) is 5.03. The first-order chi connectivity index (χ1) is 14.8. The van der Waals surface area contributed by atoms with Crippen LogP contribution in [0, 0.1) is 17.8 Å². The van der Waals surface area contributed by atoms with Crippen LogP contribution in [0.4, 0.5) is 0 Å². The molecule has 0 spiro atoms. The molecule has 6 nitrogen and oxygen atoms in total. The molecule has 4 rings (SSSR count). The molecule has 1 aromatic carbocycles. The van der Waals surface area contributed by atoms with Crippen LogP contribution >= 0.6 is 0 Å². The molecule has 1 aliphatic heterocycles. The molecule has 1 heterocycles. The fourth-order valence-corrected chi connectivity index (χ4v) is 7.16. The number of nitrogens with zero attached hydrogens (tertiary/aromatic N) is 1. The third-order valence-corrected chi connectivity index (χ3v) is 9.52. The number of fused-ring (bicyclic) bond motifs is 1. The molecule has 0 aromatic heterocycles. The zero-order valence-corrected chi connectivity index (χ0v) is 19.2. The minimum absolute atomic E-state index is 0.0900. The maximum atomic E-state index is 12.9. The van der Waals surface area contributed by atoms with Crippen molar-refractivity contribution in [2.45, 2.75) is 75.6 Å². The first kappa shape index (κ1) is 22.5. The average molecular weight is 447 g/mol. The van der Waals surface area contributed by atoms with Crippen molar-refractivity contribution in [1.82, 2.24) is 9.62 Å². The Bertz CT molecular complexity index is 904. The van der Waals surface area contributed by atoms with E-state index in [1.165, 1.54) is 55.5 Å². The van der Waals surface area contributed by atoms with Gasteiger partial charge in [-0.2, -0.15) is 4.31 Å². The second kappa shape index (κ2) is 9.41. The van der Waals surface area contributed by atoms with Crippen LogP contribution in [0.3, 0.4) is 0 Å². The number of benzene rings is 1. The lowest BCUT2D eigenvalue weighted by atomic mass is 9.69. The smallest absolute Gasteiger partial charge is 0.243 e. The van der Waals surface area contributed by atoms with Gasteiger partial charge in [0.15, 0.2) is 5.78 Å². The Morgan fingerprint density at radius 1 is 0.903 bits per heavy atom. The fourth-order valence-electron chi connectivity index (χ4n) is 5.69. The van der Waals surface area contributed by atoms with Crippen LogP contribution in [0.25, 0.3) is 0 Å². The number of ketones is 1. The van der Waals surface area contributed by atoms with E-state index in [1.54, 1.807) is 12.1 Å². The number of rotatable bonds is 5. The molecule has 170 valence electrons. The Morgan fingerprint density at radius 3 is 2.19 bits per heavy atom. The molecule has 0 unspecified atom stereocenters. The van der Waals surface area contributed by atoms with Crippen LogP contribution in [0.15, 0.2) is 29.2 Å². The molecule has 0 bridgehead atoms. The number of hydrogen-bond donors (Lipinski definition) is 1. The highest BCUT2D eigenvalue weighted by Gasteiger charge is 2.35. The van der Waals surface area contributed by atoms with E-state index in [9.17, 15) is 18.0 Å². The van der Waals surface area contributed by atoms with Crippen molar-refractivity contribution in [3.63, 3.8) is 0 Å². The van der Waals surface area contributed by atoms with Crippen LogP contribution in [0.5, 0.6) is 0 Å². The molecule has 3 fully saturated rings. The normalized spacial score (nSPS) is 28.0. The van der Waals surface area contributed by atoms with E-state index in [0.29, 0.717) is 31.5 Å². The number of amides is 1. The van der Waals surface area contributed by atoms with Crippen molar-refractivity contribution >= 4 is 21.7 Å². The van der Waals surface area contributed by atoms with Gasteiger partial charge in [0.25, 0.3) is 0 Å². The summed E-state index contributed by atoms with van der Waals surface area (Å²) in [6.07, 6.45) is 9.87. The van der Waals surface area contributed by atoms with E-state index in [1.807, 2.05) is 0 Å². The van der Waals surface area contributed by atoms with Crippen molar-refractivity contribution in [1.29, 1.82) is 0 Å². The van der Waals surface area contributed by atoms with Gasteiger partial charge in [-0.05, 0) is 63.0 Å². The highest BCUT2D eigenvalue weighted by atomic mass is 32.2. The summed E-state index contributed by atoms with van der Waals surface area (Å²) in [6, 6.07) is 6.37. The maximum absolute atomic E-state index is 12.9. The van der Waals surface area contributed by atoms with Gasteiger partial charge in [0, 0.05) is 30.6 Å². The van der Waals surface area contributed by atoms with E-state index in [2.05, 4.69) is 5.32 Å². The quantitative estimate of drug-likeness (QED) is 0.698. The summed E-state index contributed by atoms with van der Waals surface area (Å²) in [6.45, 7) is 2.16. The molecule has 0 radical (unpaired) electrons. The number of piperidine rings is 1. The number of sulfonamides is 1. The molecule has 3 atom stereocenters. The largest absolute Gasteiger partial charge is 0.353 e. The van der Waals surface area contributed by atoms with Gasteiger partial charge in [0.05, 0.1) is 4.90 Å². The molecule has 1 saturated heterocycles. The van der Waals surface area contributed by atoms with Gasteiger partial charge in [-0.1, -0.05) is 37.8 Å². The van der Waals surface area contributed by atoms with Gasteiger partial charge in [0.2, 0.25) is 15.9 Å². The van der Waals surface area contributed by atoms with Gasteiger partial charge < -0.3 is 5.32 Å². The second-order valence-electron chi connectivity index (χ2n) is 9.58. The Labute approximate surface area is 185 Å². The number of carbonyl (C=O) groups excluding carboxylic acids is 2. The summed E-state index contributed by atoms with van der Waals surface area (Å²) < 4.78 is 27.3. The van der Waals surface area contributed by atoms with Crippen molar-refractivity contribution in [3.05, 3.63) is 29.8 Å². The standard InChI is InChI=1S/C24H34N2O4S/c1-17(27)18-7-10-23(11-8-18)31(29,30)26-14-12-20(13-15-26)24(28)25-22-9-6-19-4-2-3-5-21(19)16-22/h7-8,10-11,19-22H,2-6,9,12-16H2,1H3,(H,25,28)/t19-,21+,22+/m0/s1. The zero-order chi connectivity index (χ0) is 22.0. The Morgan fingerprint density at radius 2 is 1.55 bits per heavy atom. The van der Waals surface area contributed by atoms with E-state index < -0.39 is 10.0 Å². The van der Waals surface area contributed by atoms with Crippen molar-refractivity contribution in [2.24, 2.45) is 17.8 Å². The van der Waals surface area contributed by atoms with Crippen molar-refractivity contribution in [3.8, 4) is 0 Å². The van der Waals surface area contributed by atoms with E-state index in [0.717, 1.165) is 24.7 Å². The van der Waals surface area contributed by atoms with Crippen LogP contribution < -0.4 is 5.32 Å². The zero-order valence-electron chi connectivity index (χ0n) is 18.4. The van der Waals surface area contributed by atoms with Gasteiger partial charge in [-0.25, -0.2) is 8.42 Å². The monoisotopic (exact) mass is 446 g/mol. The van der Waals surface area contributed by atoms with E-state index in [4.69, 9.17) is 0 Å². The van der Waals surface area contributed by atoms with Crippen LogP contribution in [-0.4, -0.2) is 43.5 Å². The molecule has 1 aromatic rings. The molecule has 1 N–H and O–H groups in total. The van der Waals surface area contributed by atoms with Crippen LogP contribution in [-0.2, 0) is 14.8 Å². The second-order valence-corrected chi connectivity index (χ2v) is 11.5. The molecule has 7 heteroatoms. The lowest BCUT2D eigenvalue weighted by molar-refractivity contribution is -0.127. The summed E-state index contributed by atoms with van der Waals surface area (Å²) in [7, 11) is -3.60. The van der Waals surface area contributed by atoms with Gasteiger partial charge in [-0.3, -0.25) is 9.59 Å². The lowest BCUT2D eigenvalue weighted by Gasteiger charge is -2.40. The Hall–Kier alpha value is -1.73. The topological polar surface area (TPSA) is 83.6 Å². The van der Waals surface area contributed by atoms with Gasteiger partial charge >= 0.3 is 0 Å². The SMILES string of the molecule is CC(=O)c1ccc(S(=O)(=O)N2CCC(C(=O)N[C@@H]3CC[C@@H]4CCCC[C@@H]4C3)CC2)cc1. The molecule has 31 heavy (non-hydrogen) atoms. The fraction of sp³-hybridized carbons (Fsp3) is 0.667. The number of nitrogens with one attached hydrogen (secondary N) is 1. The predicted octanol–water partition coefficient (Wildman–Crippen LogP) is 3.77. The lowest BCUT2D eigenvalue weighted by Crippen LogP contribution is -2.47. The summed E-state index contributed by atoms with van der Waals surface area (Å²) >= 11 is 0. The van der Waals surface area contributed by atoms with Crippen LogP contribution in [0.1, 0.15) is 75.1 Å². The minimum atomic E-state index is -3.60. The minimum Gasteiger partial charge on any atom is -0.353 e. The summed E-state index contributed by atoms with van der Waals surface area (Å²) in [5.74, 6) is 1.53. The Kier molecular flexibility index (Phi) is 6.82. The predicted molar refractivity (Wildman–Crippen MR) is 119 cm³/mol. The molecule has 2 saturated carbocycles. The number of carbonyl (C=O) groups is 2.